The number of halogens is 3. The number of carbonyl (C=O) groups is 1. The lowest BCUT2D eigenvalue weighted by molar-refractivity contribution is 0.0992. The van der Waals surface area contributed by atoms with Crippen molar-refractivity contribution in [3.8, 4) is 0 Å². The zero-order valence-electron chi connectivity index (χ0n) is 9.79. The first-order valence-corrected chi connectivity index (χ1v) is 5.87. The first-order chi connectivity index (χ1) is 8.97. The largest absolute Gasteiger partial charge is 0.398 e. The van der Waals surface area contributed by atoms with Crippen molar-refractivity contribution in [3.05, 3.63) is 64.2 Å². The molecule has 0 amide bonds. The highest BCUT2D eigenvalue weighted by atomic mass is 35.5. The molecule has 0 radical (unpaired) electrons. The fourth-order valence-electron chi connectivity index (χ4n) is 1.70. The van der Waals surface area contributed by atoms with E-state index in [1.807, 2.05) is 0 Å². The summed E-state index contributed by atoms with van der Waals surface area (Å²) in [6.07, 6.45) is -0.198. The lowest BCUT2D eigenvalue weighted by atomic mass is 10.0. The van der Waals surface area contributed by atoms with Gasteiger partial charge in [0.15, 0.2) is 5.78 Å². The number of anilines is 1. The van der Waals surface area contributed by atoms with Gasteiger partial charge in [0.25, 0.3) is 0 Å². The van der Waals surface area contributed by atoms with Crippen LogP contribution in [0, 0.1) is 11.6 Å². The van der Waals surface area contributed by atoms with Crippen LogP contribution in [0.2, 0.25) is 5.02 Å². The summed E-state index contributed by atoms with van der Waals surface area (Å²) in [6, 6.07) is 7.55. The fourth-order valence-corrected chi connectivity index (χ4v) is 1.86. The Morgan fingerprint density at radius 3 is 2.58 bits per heavy atom. The Hall–Kier alpha value is -1.94. The van der Waals surface area contributed by atoms with E-state index >= 15 is 0 Å². The van der Waals surface area contributed by atoms with E-state index in [1.54, 1.807) is 0 Å². The third-order valence-corrected chi connectivity index (χ3v) is 2.92. The standard InChI is InChI=1S/C14H10ClF2NO/c15-9-2-1-8(12(17)6-9)5-14(19)11-7-10(16)3-4-13(11)18/h1-4,6-7H,5,18H2. The predicted octanol–water partition coefficient (Wildman–Crippen LogP) is 3.63. The molecule has 0 aliphatic rings. The maximum Gasteiger partial charge on any atom is 0.169 e. The summed E-state index contributed by atoms with van der Waals surface area (Å²) in [6.45, 7) is 0. The molecule has 2 aromatic carbocycles. The molecule has 2 aromatic rings. The summed E-state index contributed by atoms with van der Waals surface area (Å²) in [4.78, 5) is 12.0. The van der Waals surface area contributed by atoms with Crippen molar-refractivity contribution >= 4 is 23.1 Å². The molecular weight excluding hydrogens is 272 g/mol. The van der Waals surface area contributed by atoms with Crippen LogP contribution in [0.1, 0.15) is 15.9 Å². The molecule has 0 saturated heterocycles. The van der Waals surface area contributed by atoms with Crippen molar-refractivity contribution in [2.45, 2.75) is 6.42 Å². The van der Waals surface area contributed by atoms with Gasteiger partial charge in [0, 0.05) is 22.7 Å². The molecule has 19 heavy (non-hydrogen) atoms. The molecular formula is C14H10ClF2NO. The Balaban J connectivity index is 2.28. The van der Waals surface area contributed by atoms with Crippen molar-refractivity contribution < 1.29 is 13.6 Å². The second kappa shape index (κ2) is 5.36. The Bertz CT molecular complexity index is 643. The van der Waals surface area contributed by atoms with Crippen molar-refractivity contribution in [3.63, 3.8) is 0 Å². The van der Waals surface area contributed by atoms with Crippen LogP contribution in [0.5, 0.6) is 0 Å². The highest BCUT2D eigenvalue weighted by Crippen LogP contribution is 2.19. The van der Waals surface area contributed by atoms with Crippen molar-refractivity contribution in [2.75, 3.05) is 5.73 Å². The number of ketones is 1. The van der Waals surface area contributed by atoms with E-state index in [4.69, 9.17) is 17.3 Å². The maximum atomic E-state index is 13.6. The molecule has 0 unspecified atom stereocenters. The predicted molar refractivity (Wildman–Crippen MR) is 70.3 cm³/mol. The summed E-state index contributed by atoms with van der Waals surface area (Å²) in [7, 11) is 0. The van der Waals surface area contributed by atoms with Crippen molar-refractivity contribution in [2.24, 2.45) is 0 Å². The van der Waals surface area contributed by atoms with Gasteiger partial charge in [-0.15, -0.1) is 0 Å². The Kier molecular flexibility index (Phi) is 3.81. The van der Waals surface area contributed by atoms with Crippen LogP contribution in [0.3, 0.4) is 0 Å². The van der Waals surface area contributed by atoms with Gasteiger partial charge in [0.2, 0.25) is 0 Å². The second-order valence-corrected chi connectivity index (χ2v) is 4.50. The molecule has 0 heterocycles. The molecule has 0 aromatic heterocycles. The average molecular weight is 282 g/mol. The first kappa shape index (κ1) is 13.5. The van der Waals surface area contributed by atoms with Crippen LogP contribution in [0.4, 0.5) is 14.5 Å². The van der Waals surface area contributed by atoms with Gasteiger partial charge >= 0.3 is 0 Å². The second-order valence-electron chi connectivity index (χ2n) is 4.07. The number of carbonyl (C=O) groups excluding carboxylic acids is 1. The number of hydrogen-bond donors (Lipinski definition) is 1. The van der Waals surface area contributed by atoms with Crippen LogP contribution in [0.25, 0.3) is 0 Å². The Morgan fingerprint density at radius 2 is 1.89 bits per heavy atom. The molecule has 0 atom stereocenters. The van der Waals surface area contributed by atoms with Crippen molar-refractivity contribution in [1.82, 2.24) is 0 Å². The van der Waals surface area contributed by atoms with E-state index in [-0.39, 0.29) is 28.3 Å². The number of nitrogen functional groups attached to an aromatic ring is 1. The van der Waals surface area contributed by atoms with E-state index in [0.29, 0.717) is 0 Å². The van der Waals surface area contributed by atoms with Crippen LogP contribution in [0.15, 0.2) is 36.4 Å². The third-order valence-electron chi connectivity index (χ3n) is 2.68. The fraction of sp³-hybridized carbons (Fsp3) is 0.0714. The van der Waals surface area contributed by atoms with Crippen LogP contribution < -0.4 is 5.73 Å². The molecule has 2 N–H and O–H groups in total. The van der Waals surface area contributed by atoms with E-state index in [2.05, 4.69) is 0 Å². The maximum absolute atomic E-state index is 13.6. The van der Waals surface area contributed by atoms with Crippen LogP contribution in [-0.2, 0) is 6.42 Å². The molecule has 98 valence electrons. The molecule has 5 heteroatoms. The average Bonchev–Trinajstić information content (AvgIpc) is 2.35. The summed E-state index contributed by atoms with van der Waals surface area (Å²) >= 11 is 5.62. The van der Waals surface area contributed by atoms with Gasteiger partial charge in [-0.1, -0.05) is 17.7 Å². The molecule has 0 aliphatic carbocycles. The molecule has 2 rings (SSSR count). The van der Waals surface area contributed by atoms with E-state index < -0.39 is 17.4 Å². The molecule has 0 bridgehead atoms. The number of rotatable bonds is 3. The highest BCUT2D eigenvalue weighted by molar-refractivity contribution is 6.30. The number of benzene rings is 2. The van der Waals surface area contributed by atoms with Gasteiger partial charge in [0.05, 0.1) is 0 Å². The van der Waals surface area contributed by atoms with Gasteiger partial charge in [-0.25, -0.2) is 8.78 Å². The minimum absolute atomic E-state index is 0.0503. The van der Waals surface area contributed by atoms with Gasteiger partial charge in [-0.2, -0.15) is 0 Å². The SMILES string of the molecule is Nc1ccc(F)cc1C(=O)Cc1ccc(Cl)cc1F. The van der Waals surface area contributed by atoms with Crippen LogP contribution in [-0.4, -0.2) is 5.78 Å². The zero-order valence-corrected chi connectivity index (χ0v) is 10.5. The monoisotopic (exact) mass is 281 g/mol. The minimum Gasteiger partial charge on any atom is -0.398 e. The first-order valence-electron chi connectivity index (χ1n) is 5.49. The highest BCUT2D eigenvalue weighted by Gasteiger charge is 2.14. The Morgan fingerprint density at radius 1 is 1.16 bits per heavy atom. The number of hydrogen-bond acceptors (Lipinski definition) is 2. The van der Waals surface area contributed by atoms with E-state index in [9.17, 15) is 13.6 Å². The lowest BCUT2D eigenvalue weighted by Gasteiger charge is -2.06. The van der Waals surface area contributed by atoms with Crippen LogP contribution >= 0.6 is 11.6 Å². The third kappa shape index (κ3) is 3.09. The molecule has 0 fully saturated rings. The van der Waals surface area contributed by atoms with Gasteiger partial charge < -0.3 is 5.73 Å². The quantitative estimate of drug-likeness (QED) is 0.690. The molecule has 0 spiro atoms. The smallest absolute Gasteiger partial charge is 0.169 e. The molecule has 0 aliphatic heterocycles. The topological polar surface area (TPSA) is 43.1 Å². The summed E-state index contributed by atoms with van der Waals surface area (Å²) < 4.78 is 26.6. The van der Waals surface area contributed by atoms with Gasteiger partial charge in [-0.3, -0.25) is 4.79 Å². The molecule has 0 saturated carbocycles. The van der Waals surface area contributed by atoms with Gasteiger partial charge in [-0.05, 0) is 35.9 Å². The number of Topliss-reactive ketones (excluding diaryl/α,β-unsaturated/α-hetero) is 1. The van der Waals surface area contributed by atoms with Gasteiger partial charge in [0.1, 0.15) is 11.6 Å². The van der Waals surface area contributed by atoms with E-state index in [1.165, 1.54) is 18.2 Å². The Labute approximate surface area is 113 Å². The number of nitrogens with two attached hydrogens (primary N) is 1. The zero-order chi connectivity index (χ0) is 14.0. The minimum atomic E-state index is -0.573. The molecule has 2 nitrogen and oxygen atoms in total. The van der Waals surface area contributed by atoms with E-state index in [0.717, 1.165) is 18.2 Å². The lowest BCUT2D eigenvalue weighted by Crippen LogP contribution is -2.08. The van der Waals surface area contributed by atoms with Crippen molar-refractivity contribution in [1.29, 1.82) is 0 Å². The summed E-state index contributed by atoms with van der Waals surface area (Å²) in [5.74, 6) is -1.58. The summed E-state index contributed by atoms with van der Waals surface area (Å²) in [5.41, 5.74) is 6.01. The normalized spacial score (nSPS) is 10.5. The summed E-state index contributed by atoms with van der Waals surface area (Å²) in [5, 5.41) is 0.249.